The van der Waals surface area contributed by atoms with Crippen LogP contribution >= 0.6 is 0 Å². The number of nitrogens with zero attached hydrogens (tertiary/aromatic N) is 1. The Bertz CT molecular complexity index is 715. The molecule has 0 heterocycles. The van der Waals surface area contributed by atoms with E-state index >= 15 is 0 Å². The number of para-hydroxylation sites is 1. The summed E-state index contributed by atoms with van der Waals surface area (Å²) in [5.41, 5.74) is 1.24. The van der Waals surface area contributed by atoms with Crippen LogP contribution in [0.4, 0.5) is 11.4 Å². The summed E-state index contributed by atoms with van der Waals surface area (Å²) < 4.78 is 5.76. The third-order valence-corrected chi connectivity index (χ3v) is 3.35. The van der Waals surface area contributed by atoms with Crippen molar-refractivity contribution >= 4 is 17.3 Å². The first-order valence-electron chi connectivity index (χ1n) is 7.29. The first kappa shape index (κ1) is 16.5. The number of anilines is 1. The molecule has 0 aliphatic heterocycles. The summed E-state index contributed by atoms with van der Waals surface area (Å²) in [6, 6.07) is 13.3. The summed E-state index contributed by atoms with van der Waals surface area (Å²) in [4.78, 5) is 22.6. The van der Waals surface area contributed by atoms with Gasteiger partial charge in [0, 0.05) is 17.8 Å². The van der Waals surface area contributed by atoms with E-state index in [2.05, 4.69) is 5.32 Å². The normalized spacial score (nSPS) is 11.6. The van der Waals surface area contributed by atoms with Crippen molar-refractivity contribution in [1.82, 2.24) is 0 Å². The summed E-state index contributed by atoms with van der Waals surface area (Å²) in [6.45, 7) is 3.75. The average molecular weight is 314 g/mol. The third-order valence-electron chi connectivity index (χ3n) is 3.35. The Hall–Kier alpha value is -2.89. The number of hydrogen-bond donors (Lipinski definition) is 1. The second-order valence-corrected chi connectivity index (χ2v) is 5.08. The fraction of sp³-hybridized carbons (Fsp3) is 0.235. The largest absolute Gasteiger partial charge is 0.480 e. The molecule has 0 aliphatic rings. The standard InChI is InChI=1S/C17H18N2O4/c1-3-15(23-16-10-5-4-7-12(16)2)17(20)18-13-8-6-9-14(11-13)19(21)22/h4-11,15H,3H2,1-2H3,(H,18,20)/t15-/m0/s1. The van der Waals surface area contributed by atoms with Crippen LogP contribution in [0.25, 0.3) is 0 Å². The van der Waals surface area contributed by atoms with Crippen LogP contribution in [0.2, 0.25) is 0 Å². The molecule has 0 aromatic heterocycles. The zero-order chi connectivity index (χ0) is 16.8. The molecule has 2 aromatic rings. The van der Waals surface area contributed by atoms with E-state index < -0.39 is 11.0 Å². The van der Waals surface area contributed by atoms with Gasteiger partial charge in [0.2, 0.25) is 0 Å². The van der Waals surface area contributed by atoms with E-state index in [1.807, 2.05) is 32.0 Å². The van der Waals surface area contributed by atoms with Crippen LogP contribution < -0.4 is 10.1 Å². The maximum Gasteiger partial charge on any atom is 0.271 e. The molecule has 6 nitrogen and oxygen atoms in total. The van der Waals surface area contributed by atoms with Gasteiger partial charge in [-0.15, -0.1) is 0 Å². The number of nitrogens with one attached hydrogen (secondary N) is 1. The molecule has 0 fully saturated rings. The lowest BCUT2D eigenvalue weighted by molar-refractivity contribution is -0.384. The Kier molecular flexibility index (Phi) is 5.30. The highest BCUT2D eigenvalue weighted by Gasteiger charge is 2.20. The number of nitro groups is 1. The van der Waals surface area contributed by atoms with Crippen LogP contribution in [0.5, 0.6) is 5.75 Å². The van der Waals surface area contributed by atoms with Gasteiger partial charge in [-0.25, -0.2) is 0 Å². The molecule has 1 N–H and O–H groups in total. The molecule has 23 heavy (non-hydrogen) atoms. The molecule has 0 spiro atoms. The van der Waals surface area contributed by atoms with E-state index in [0.717, 1.165) is 5.56 Å². The van der Waals surface area contributed by atoms with Crippen molar-refractivity contribution < 1.29 is 14.5 Å². The summed E-state index contributed by atoms with van der Waals surface area (Å²) in [6.07, 6.45) is -0.190. The molecule has 0 bridgehead atoms. The molecule has 0 radical (unpaired) electrons. The molecule has 6 heteroatoms. The first-order valence-corrected chi connectivity index (χ1v) is 7.29. The molecular weight excluding hydrogens is 296 g/mol. The van der Waals surface area contributed by atoms with Gasteiger partial charge in [0.05, 0.1) is 4.92 Å². The van der Waals surface area contributed by atoms with Crippen molar-refractivity contribution in [3.05, 3.63) is 64.2 Å². The Labute approximate surface area is 134 Å². The van der Waals surface area contributed by atoms with Crippen molar-refractivity contribution in [2.45, 2.75) is 26.4 Å². The van der Waals surface area contributed by atoms with Gasteiger partial charge in [-0.1, -0.05) is 31.2 Å². The molecule has 0 unspecified atom stereocenters. The van der Waals surface area contributed by atoms with E-state index in [9.17, 15) is 14.9 Å². The van der Waals surface area contributed by atoms with Gasteiger partial charge in [-0.05, 0) is 31.0 Å². The van der Waals surface area contributed by atoms with Crippen molar-refractivity contribution in [2.75, 3.05) is 5.32 Å². The van der Waals surface area contributed by atoms with Crippen molar-refractivity contribution in [3.63, 3.8) is 0 Å². The lowest BCUT2D eigenvalue weighted by Crippen LogP contribution is -2.32. The number of aryl methyl sites for hydroxylation is 1. The minimum atomic E-state index is -0.671. The molecule has 0 saturated heterocycles. The van der Waals surface area contributed by atoms with E-state index in [-0.39, 0.29) is 11.6 Å². The van der Waals surface area contributed by atoms with Crippen LogP contribution in [-0.2, 0) is 4.79 Å². The van der Waals surface area contributed by atoms with Crippen LogP contribution in [0.1, 0.15) is 18.9 Å². The number of ether oxygens (including phenoxy) is 1. The average Bonchev–Trinajstić information content (AvgIpc) is 2.54. The molecule has 2 rings (SSSR count). The lowest BCUT2D eigenvalue weighted by atomic mass is 10.2. The summed E-state index contributed by atoms with van der Waals surface area (Å²) in [5, 5.41) is 13.4. The second kappa shape index (κ2) is 7.40. The minimum absolute atomic E-state index is 0.0735. The van der Waals surface area contributed by atoms with Crippen molar-refractivity contribution in [1.29, 1.82) is 0 Å². The number of amides is 1. The zero-order valence-electron chi connectivity index (χ0n) is 13.0. The Morgan fingerprint density at radius 3 is 2.65 bits per heavy atom. The van der Waals surface area contributed by atoms with Crippen LogP contribution in [0.15, 0.2) is 48.5 Å². The van der Waals surface area contributed by atoms with Gasteiger partial charge in [0.15, 0.2) is 6.10 Å². The van der Waals surface area contributed by atoms with Gasteiger partial charge in [0.1, 0.15) is 5.75 Å². The third kappa shape index (κ3) is 4.29. The lowest BCUT2D eigenvalue weighted by Gasteiger charge is -2.18. The monoisotopic (exact) mass is 314 g/mol. The quantitative estimate of drug-likeness (QED) is 0.651. The van der Waals surface area contributed by atoms with Gasteiger partial charge in [-0.2, -0.15) is 0 Å². The maximum absolute atomic E-state index is 12.3. The van der Waals surface area contributed by atoms with Crippen molar-refractivity contribution in [3.8, 4) is 5.75 Å². The molecule has 1 atom stereocenters. The minimum Gasteiger partial charge on any atom is -0.480 e. The van der Waals surface area contributed by atoms with Gasteiger partial charge < -0.3 is 10.1 Å². The highest BCUT2D eigenvalue weighted by molar-refractivity contribution is 5.94. The zero-order valence-corrected chi connectivity index (χ0v) is 13.0. The van der Waals surface area contributed by atoms with Crippen LogP contribution in [0.3, 0.4) is 0 Å². The predicted molar refractivity (Wildman–Crippen MR) is 87.6 cm³/mol. The van der Waals surface area contributed by atoms with E-state index in [4.69, 9.17) is 4.74 Å². The van der Waals surface area contributed by atoms with Gasteiger partial charge in [-0.3, -0.25) is 14.9 Å². The predicted octanol–water partition coefficient (Wildman–Crippen LogP) is 3.70. The SMILES string of the molecule is CC[C@H](Oc1ccccc1C)C(=O)Nc1cccc([N+](=O)[O-])c1. The van der Waals surface area contributed by atoms with Gasteiger partial charge in [0.25, 0.3) is 11.6 Å². The summed E-state index contributed by atoms with van der Waals surface area (Å²) in [5.74, 6) is 0.310. The number of hydrogen-bond acceptors (Lipinski definition) is 4. The number of nitro benzene ring substituents is 1. The first-order chi connectivity index (χ1) is 11.0. The Morgan fingerprint density at radius 2 is 2.00 bits per heavy atom. The fourth-order valence-electron chi connectivity index (χ4n) is 2.08. The summed E-state index contributed by atoms with van der Waals surface area (Å²) in [7, 11) is 0. The van der Waals surface area contributed by atoms with Crippen molar-refractivity contribution in [2.24, 2.45) is 0 Å². The maximum atomic E-state index is 12.3. The fourth-order valence-corrected chi connectivity index (χ4v) is 2.08. The topological polar surface area (TPSA) is 81.5 Å². The Morgan fingerprint density at radius 1 is 1.26 bits per heavy atom. The smallest absolute Gasteiger partial charge is 0.271 e. The molecule has 0 saturated carbocycles. The van der Waals surface area contributed by atoms with Gasteiger partial charge >= 0.3 is 0 Å². The number of rotatable bonds is 6. The van der Waals surface area contributed by atoms with Crippen LogP contribution in [0, 0.1) is 17.0 Å². The Balaban J connectivity index is 2.10. The molecule has 2 aromatic carbocycles. The van der Waals surface area contributed by atoms with Crippen LogP contribution in [-0.4, -0.2) is 16.9 Å². The molecular formula is C17H18N2O4. The number of benzene rings is 2. The summed E-state index contributed by atoms with van der Waals surface area (Å²) >= 11 is 0. The van der Waals surface area contributed by atoms with E-state index in [0.29, 0.717) is 17.9 Å². The molecule has 120 valence electrons. The number of carbonyl (C=O) groups is 1. The van der Waals surface area contributed by atoms with E-state index in [1.54, 1.807) is 12.1 Å². The molecule has 1 amide bonds. The molecule has 0 aliphatic carbocycles. The highest BCUT2D eigenvalue weighted by Crippen LogP contribution is 2.21. The second-order valence-electron chi connectivity index (χ2n) is 5.08. The highest BCUT2D eigenvalue weighted by atomic mass is 16.6. The number of non-ortho nitro benzene ring substituents is 1. The van der Waals surface area contributed by atoms with E-state index in [1.165, 1.54) is 18.2 Å². The number of carbonyl (C=O) groups excluding carboxylic acids is 1.